The van der Waals surface area contributed by atoms with Crippen LogP contribution in [0.5, 0.6) is 5.75 Å². The van der Waals surface area contributed by atoms with Gasteiger partial charge in [0.05, 0.1) is 12.6 Å². The van der Waals surface area contributed by atoms with Crippen molar-refractivity contribution in [1.29, 1.82) is 0 Å². The van der Waals surface area contributed by atoms with Crippen LogP contribution in [0.15, 0.2) is 30.5 Å². The lowest BCUT2D eigenvalue weighted by atomic mass is 10.1. The molecular formula is C14H19N3O2. The molecule has 0 radical (unpaired) electrons. The first-order valence-corrected chi connectivity index (χ1v) is 6.28. The molecular weight excluding hydrogens is 242 g/mol. The Hall–Kier alpha value is -1.85. The Kier molecular flexibility index (Phi) is 4.54. The highest BCUT2D eigenvalue weighted by Crippen LogP contribution is 2.25. The van der Waals surface area contributed by atoms with Crippen LogP contribution in [-0.4, -0.2) is 36.4 Å². The predicted molar refractivity (Wildman–Crippen MR) is 76.4 cm³/mol. The van der Waals surface area contributed by atoms with Crippen LogP contribution in [0.3, 0.4) is 0 Å². The highest BCUT2D eigenvalue weighted by atomic mass is 16.5. The summed E-state index contributed by atoms with van der Waals surface area (Å²) in [5.41, 5.74) is 5.59. The number of hydrogen-bond acceptors (Lipinski definition) is 5. The summed E-state index contributed by atoms with van der Waals surface area (Å²) in [6.07, 6.45) is 2.54. The van der Waals surface area contributed by atoms with Crippen LogP contribution in [0.1, 0.15) is 6.42 Å². The van der Waals surface area contributed by atoms with E-state index in [9.17, 15) is 5.11 Å². The highest BCUT2D eigenvalue weighted by molar-refractivity contribution is 5.92. The Morgan fingerprint density at radius 3 is 3.00 bits per heavy atom. The average Bonchev–Trinajstić information content (AvgIpc) is 2.40. The predicted octanol–water partition coefficient (Wildman–Crippen LogP) is 1.72. The summed E-state index contributed by atoms with van der Waals surface area (Å²) in [4.78, 5) is 4.33. The Balaban J connectivity index is 2.30. The highest BCUT2D eigenvalue weighted by Gasteiger charge is 2.10. The van der Waals surface area contributed by atoms with Gasteiger partial charge >= 0.3 is 0 Å². The molecule has 0 bridgehead atoms. The summed E-state index contributed by atoms with van der Waals surface area (Å²) in [5.74, 6) is 0.967. The van der Waals surface area contributed by atoms with E-state index in [4.69, 9.17) is 10.5 Å². The number of phenols is 1. The van der Waals surface area contributed by atoms with E-state index >= 15 is 0 Å². The van der Waals surface area contributed by atoms with Gasteiger partial charge in [-0.3, -0.25) is 0 Å². The molecule has 4 N–H and O–H groups in total. The lowest BCUT2D eigenvalue weighted by Gasteiger charge is -2.18. The van der Waals surface area contributed by atoms with Crippen molar-refractivity contribution >= 4 is 16.6 Å². The van der Waals surface area contributed by atoms with Gasteiger partial charge in [0, 0.05) is 18.7 Å². The van der Waals surface area contributed by atoms with Crippen LogP contribution >= 0.6 is 0 Å². The van der Waals surface area contributed by atoms with Crippen molar-refractivity contribution in [2.75, 3.05) is 25.6 Å². The van der Waals surface area contributed by atoms with Gasteiger partial charge in [-0.05, 0) is 36.6 Å². The number of pyridine rings is 1. The topological polar surface area (TPSA) is 80.4 Å². The second kappa shape index (κ2) is 6.36. The number of anilines is 1. The van der Waals surface area contributed by atoms with Crippen LogP contribution in [0.4, 0.5) is 5.82 Å². The van der Waals surface area contributed by atoms with Crippen molar-refractivity contribution < 1.29 is 9.84 Å². The molecule has 5 nitrogen and oxygen atoms in total. The van der Waals surface area contributed by atoms with E-state index in [1.54, 1.807) is 25.4 Å². The van der Waals surface area contributed by atoms with E-state index < -0.39 is 0 Å². The Labute approximate surface area is 112 Å². The number of fused-ring (bicyclic) bond motifs is 1. The smallest absolute Gasteiger partial charge is 0.134 e. The zero-order valence-corrected chi connectivity index (χ0v) is 11.0. The van der Waals surface area contributed by atoms with E-state index in [0.717, 1.165) is 23.0 Å². The fourth-order valence-corrected chi connectivity index (χ4v) is 2.06. The number of aromatic nitrogens is 1. The van der Waals surface area contributed by atoms with E-state index in [2.05, 4.69) is 10.3 Å². The van der Waals surface area contributed by atoms with Crippen LogP contribution in [0, 0.1) is 0 Å². The van der Waals surface area contributed by atoms with Gasteiger partial charge in [0.1, 0.15) is 11.6 Å². The van der Waals surface area contributed by atoms with Gasteiger partial charge < -0.3 is 20.9 Å². The van der Waals surface area contributed by atoms with Crippen LogP contribution < -0.4 is 11.1 Å². The maximum Gasteiger partial charge on any atom is 0.134 e. The normalized spacial score (nSPS) is 12.5. The van der Waals surface area contributed by atoms with Gasteiger partial charge in [-0.1, -0.05) is 6.07 Å². The van der Waals surface area contributed by atoms with Gasteiger partial charge in [0.25, 0.3) is 0 Å². The third-order valence-corrected chi connectivity index (χ3v) is 2.97. The number of nitrogens with one attached hydrogen (secondary N) is 1. The van der Waals surface area contributed by atoms with Crippen molar-refractivity contribution in [2.24, 2.45) is 5.73 Å². The Morgan fingerprint density at radius 2 is 2.26 bits per heavy atom. The molecule has 1 aromatic heterocycles. The third kappa shape index (κ3) is 3.33. The SMILES string of the molecule is COCC(CCN)Nc1nccc2ccc(O)cc12. The van der Waals surface area contributed by atoms with Crippen molar-refractivity contribution in [3.05, 3.63) is 30.5 Å². The summed E-state index contributed by atoms with van der Waals surface area (Å²) in [7, 11) is 1.66. The van der Waals surface area contributed by atoms with Gasteiger partial charge in [-0.25, -0.2) is 4.98 Å². The first kappa shape index (κ1) is 13.6. The van der Waals surface area contributed by atoms with E-state index in [1.165, 1.54) is 0 Å². The van der Waals surface area contributed by atoms with E-state index in [-0.39, 0.29) is 11.8 Å². The average molecular weight is 261 g/mol. The molecule has 0 amide bonds. The summed E-state index contributed by atoms with van der Waals surface area (Å²) >= 11 is 0. The molecule has 0 saturated heterocycles. The number of methoxy groups -OCH3 is 1. The zero-order chi connectivity index (χ0) is 13.7. The molecule has 0 aliphatic carbocycles. The molecule has 2 rings (SSSR count). The molecule has 1 unspecified atom stereocenters. The fourth-order valence-electron chi connectivity index (χ4n) is 2.06. The van der Waals surface area contributed by atoms with E-state index in [0.29, 0.717) is 13.2 Å². The molecule has 1 atom stereocenters. The minimum absolute atomic E-state index is 0.107. The number of ether oxygens (including phenoxy) is 1. The molecule has 102 valence electrons. The number of rotatable bonds is 6. The van der Waals surface area contributed by atoms with Gasteiger partial charge in [-0.2, -0.15) is 0 Å². The number of aromatic hydroxyl groups is 1. The van der Waals surface area contributed by atoms with Crippen LogP contribution in [0.25, 0.3) is 10.8 Å². The lowest BCUT2D eigenvalue weighted by molar-refractivity contribution is 0.183. The third-order valence-electron chi connectivity index (χ3n) is 2.97. The molecule has 0 spiro atoms. The maximum absolute atomic E-state index is 9.60. The molecule has 0 aliphatic rings. The number of benzene rings is 1. The molecule has 1 aromatic carbocycles. The summed E-state index contributed by atoms with van der Waals surface area (Å²) in [5, 5.41) is 14.8. The first-order chi connectivity index (χ1) is 9.24. The number of phenolic OH excluding ortho intramolecular Hbond substituents is 1. The molecule has 0 fully saturated rings. The fraction of sp³-hybridized carbons (Fsp3) is 0.357. The summed E-state index contributed by atoms with van der Waals surface area (Å²) in [6.45, 7) is 1.14. The zero-order valence-electron chi connectivity index (χ0n) is 11.0. The number of hydrogen-bond donors (Lipinski definition) is 3. The minimum atomic E-state index is 0.107. The van der Waals surface area contributed by atoms with Crippen LogP contribution in [-0.2, 0) is 4.74 Å². The largest absolute Gasteiger partial charge is 0.508 e. The second-order valence-electron chi connectivity index (χ2n) is 4.44. The van der Waals surface area contributed by atoms with Crippen molar-refractivity contribution in [3.8, 4) is 5.75 Å². The van der Waals surface area contributed by atoms with Gasteiger partial charge in [0.15, 0.2) is 0 Å². The molecule has 0 saturated carbocycles. The van der Waals surface area contributed by atoms with Crippen molar-refractivity contribution in [2.45, 2.75) is 12.5 Å². The monoisotopic (exact) mass is 261 g/mol. The summed E-state index contributed by atoms with van der Waals surface area (Å²) < 4.78 is 5.17. The lowest BCUT2D eigenvalue weighted by Crippen LogP contribution is -2.28. The molecule has 19 heavy (non-hydrogen) atoms. The second-order valence-corrected chi connectivity index (χ2v) is 4.44. The Bertz CT molecular complexity index is 539. The quantitative estimate of drug-likeness (QED) is 0.737. The van der Waals surface area contributed by atoms with Gasteiger partial charge in [0.2, 0.25) is 0 Å². The minimum Gasteiger partial charge on any atom is -0.508 e. The molecule has 0 aliphatic heterocycles. The maximum atomic E-state index is 9.60. The van der Waals surface area contributed by atoms with Gasteiger partial charge in [-0.15, -0.1) is 0 Å². The molecule has 5 heteroatoms. The Morgan fingerprint density at radius 1 is 1.42 bits per heavy atom. The van der Waals surface area contributed by atoms with Crippen molar-refractivity contribution in [3.63, 3.8) is 0 Å². The number of nitrogens with two attached hydrogens (primary N) is 1. The summed E-state index contributed by atoms with van der Waals surface area (Å²) in [6, 6.07) is 7.26. The molecule has 2 aromatic rings. The van der Waals surface area contributed by atoms with Crippen molar-refractivity contribution in [1.82, 2.24) is 4.98 Å². The first-order valence-electron chi connectivity index (χ1n) is 6.28. The molecule has 1 heterocycles. The standard InChI is InChI=1S/C14H19N3O2/c1-19-9-11(4-6-15)17-14-13-8-12(18)3-2-10(13)5-7-16-14/h2-3,5,7-8,11,18H,4,6,9,15H2,1H3,(H,16,17). The van der Waals surface area contributed by atoms with E-state index in [1.807, 2.05) is 12.1 Å². The number of nitrogens with zero attached hydrogens (tertiary/aromatic N) is 1. The van der Waals surface area contributed by atoms with Crippen LogP contribution in [0.2, 0.25) is 0 Å².